The van der Waals surface area contributed by atoms with Crippen LogP contribution >= 0.6 is 23.1 Å². The number of carboxylic acid groups (broad SMARTS) is 1. The lowest BCUT2D eigenvalue weighted by molar-refractivity contribution is -0.158. The van der Waals surface area contributed by atoms with Gasteiger partial charge in [-0.25, -0.2) is 4.79 Å². The van der Waals surface area contributed by atoms with Gasteiger partial charge in [0.1, 0.15) is 4.88 Å². The summed E-state index contributed by atoms with van der Waals surface area (Å²) < 4.78 is 11.9. The van der Waals surface area contributed by atoms with Gasteiger partial charge in [0, 0.05) is 18.8 Å². The number of carboxylic acids is 1. The van der Waals surface area contributed by atoms with E-state index in [2.05, 4.69) is 0 Å². The molecule has 0 saturated carbocycles. The van der Waals surface area contributed by atoms with E-state index in [0.29, 0.717) is 37.2 Å². The zero-order chi connectivity index (χ0) is 16.3. The van der Waals surface area contributed by atoms with Crippen molar-refractivity contribution in [2.24, 2.45) is 5.92 Å². The first-order valence-corrected chi connectivity index (χ1v) is 9.29. The van der Waals surface area contributed by atoms with E-state index in [0.717, 1.165) is 4.21 Å². The van der Waals surface area contributed by atoms with Gasteiger partial charge in [-0.3, -0.25) is 4.79 Å². The van der Waals surface area contributed by atoms with E-state index in [9.17, 15) is 14.7 Å². The lowest BCUT2D eigenvalue weighted by atomic mass is 9.83. The first kappa shape index (κ1) is 17.5. The first-order chi connectivity index (χ1) is 10.5. The molecule has 0 bridgehead atoms. The monoisotopic (exact) mass is 344 g/mol. The van der Waals surface area contributed by atoms with Crippen molar-refractivity contribution in [3.05, 3.63) is 16.0 Å². The molecule has 1 unspecified atom stereocenters. The van der Waals surface area contributed by atoms with E-state index < -0.39 is 12.3 Å². The highest BCUT2D eigenvalue weighted by Gasteiger charge is 2.39. The molecule has 1 aliphatic carbocycles. The van der Waals surface area contributed by atoms with Crippen LogP contribution in [0.25, 0.3) is 0 Å². The van der Waals surface area contributed by atoms with Gasteiger partial charge in [0.05, 0.1) is 10.1 Å². The zero-order valence-corrected chi connectivity index (χ0v) is 14.5. The summed E-state index contributed by atoms with van der Waals surface area (Å²) in [6.07, 6.45) is 2.43. The van der Waals surface area contributed by atoms with E-state index >= 15 is 0 Å². The minimum absolute atomic E-state index is 0.0544. The number of hydrogen-bond donors (Lipinski definition) is 1. The number of thiophene rings is 1. The number of aromatic carboxylic acids is 1. The third-order valence-electron chi connectivity index (χ3n) is 3.63. The molecule has 1 aromatic heterocycles. The van der Waals surface area contributed by atoms with Crippen molar-refractivity contribution >= 4 is 34.9 Å². The van der Waals surface area contributed by atoms with Crippen molar-refractivity contribution in [3.63, 3.8) is 0 Å². The summed E-state index contributed by atoms with van der Waals surface area (Å²) in [5.74, 6) is -1.38. The number of thioether (sulfide) groups is 1. The maximum Gasteiger partial charge on any atom is 0.346 e. The van der Waals surface area contributed by atoms with Gasteiger partial charge in [0.15, 0.2) is 12.1 Å². The molecular weight excluding hydrogens is 324 g/mol. The first-order valence-electron chi connectivity index (χ1n) is 7.25. The van der Waals surface area contributed by atoms with E-state index in [1.54, 1.807) is 0 Å². The Bertz CT molecular complexity index is 561. The molecule has 122 valence electrons. The molecule has 1 aromatic rings. The molecular formula is C15H20O5S2. The summed E-state index contributed by atoms with van der Waals surface area (Å²) in [6, 6.07) is 0. The normalized spacial score (nSPS) is 17.8. The smallest absolute Gasteiger partial charge is 0.346 e. The van der Waals surface area contributed by atoms with Crippen molar-refractivity contribution in [2.45, 2.75) is 37.2 Å². The molecule has 22 heavy (non-hydrogen) atoms. The molecule has 0 amide bonds. The van der Waals surface area contributed by atoms with Crippen molar-refractivity contribution in [3.8, 4) is 0 Å². The second-order valence-electron chi connectivity index (χ2n) is 4.87. The Hall–Kier alpha value is -0.890. The molecule has 1 aliphatic rings. The number of hydrogen-bond acceptors (Lipinski definition) is 6. The molecule has 0 fully saturated rings. The van der Waals surface area contributed by atoms with Gasteiger partial charge in [0.2, 0.25) is 0 Å². The Balaban J connectivity index is 2.38. The van der Waals surface area contributed by atoms with Crippen LogP contribution in [0.3, 0.4) is 0 Å². The number of Topliss-reactive ketones (excluding diaryl/α,β-unsaturated/α-hetero) is 1. The summed E-state index contributed by atoms with van der Waals surface area (Å²) in [4.78, 5) is 24.5. The number of carbonyl (C=O) groups excluding carboxylic acids is 1. The summed E-state index contributed by atoms with van der Waals surface area (Å²) in [7, 11) is 0. The molecule has 0 aromatic carbocycles. The van der Waals surface area contributed by atoms with Crippen molar-refractivity contribution < 1.29 is 24.2 Å². The van der Waals surface area contributed by atoms with Crippen LogP contribution in [-0.2, 0) is 15.9 Å². The van der Waals surface area contributed by atoms with Crippen molar-refractivity contribution in [1.82, 2.24) is 0 Å². The van der Waals surface area contributed by atoms with E-state index in [4.69, 9.17) is 9.47 Å². The van der Waals surface area contributed by atoms with Crippen LogP contribution in [0.4, 0.5) is 0 Å². The number of ketones is 1. The molecule has 5 nitrogen and oxygen atoms in total. The molecule has 0 spiro atoms. The van der Waals surface area contributed by atoms with Gasteiger partial charge >= 0.3 is 5.97 Å². The minimum Gasteiger partial charge on any atom is -0.477 e. The molecule has 0 aliphatic heterocycles. The highest BCUT2D eigenvalue weighted by atomic mass is 32.2. The van der Waals surface area contributed by atoms with Crippen LogP contribution in [0.1, 0.15) is 45.9 Å². The minimum atomic E-state index is -0.959. The Labute approximate surface area is 138 Å². The van der Waals surface area contributed by atoms with Gasteiger partial charge in [-0.15, -0.1) is 23.1 Å². The van der Waals surface area contributed by atoms with Gasteiger partial charge in [0.25, 0.3) is 0 Å². The SMILES string of the molecule is CCOC(OCC)C1CCc2c(C(=O)O)sc(SC)c2C1=O. The summed E-state index contributed by atoms with van der Waals surface area (Å²) in [5.41, 5.74) is 1.24. The maximum absolute atomic E-state index is 12.9. The van der Waals surface area contributed by atoms with Crippen LogP contribution in [-0.4, -0.2) is 42.6 Å². The van der Waals surface area contributed by atoms with Crippen LogP contribution in [0.15, 0.2) is 4.21 Å². The molecule has 1 N–H and O–H groups in total. The molecule has 1 heterocycles. The quantitative estimate of drug-likeness (QED) is 0.604. The Morgan fingerprint density at radius 2 is 2.05 bits per heavy atom. The largest absolute Gasteiger partial charge is 0.477 e. The second-order valence-corrected chi connectivity index (χ2v) is 6.97. The van der Waals surface area contributed by atoms with Gasteiger partial charge < -0.3 is 14.6 Å². The summed E-state index contributed by atoms with van der Waals surface area (Å²) in [5, 5.41) is 9.32. The Morgan fingerprint density at radius 3 is 2.55 bits per heavy atom. The number of ether oxygens (including phenoxy) is 2. The molecule has 1 atom stereocenters. The lowest BCUT2D eigenvalue weighted by Gasteiger charge is -2.29. The van der Waals surface area contributed by atoms with Crippen molar-refractivity contribution in [1.29, 1.82) is 0 Å². The highest BCUT2D eigenvalue weighted by molar-refractivity contribution is 8.00. The molecule has 0 radical (unpaired) electrons. The Morgan fingerprint density at radius 1 is 1.41 bits per heavy atom. The summed E-state index contributed by atoms with van der Waals surface area (Å²) in [6.45, 7) is 4.68. The highest BCUT2D eigenvalue weighted by Crippen LogP contribution is 2.42. The van der Waals surface area contributed by atoms with Crippen LogP contribution in [0, 0.1) is 5.92 Å². The average molecular weight is 344 g/mol. The van der Waals surface area contributed by atoms with Crippen LogP contribution in [0.2, 0.25) is 0 Å². The fourth-order valence-corrected chi connectivity index (χ4v) is 4.67. The van der Waals surface area contributed by atoms with Gasteiger partial charge in [-0.1, -0.05) is 0 Å². The Kier molecular flexibility index (Phi) is 6.02. The zero-order valence-electron chi connectivity index (χ0n) is 12.9. The molecule has 2 rings (SSSR count). The molecule has 0 saturated heterocycles. The lowest BCUT2D eigenvalue weighted by Crippen LogP contribution is -2.36. The average Bonchev–Trinajstić information content (AvgIpc) is 2.87. The second kappa shape index (κ2) is 7.59. The fraction of sp³-hybridized carbons (Fsp3) is 0.600. The number of rotatable bonds is 7. The maximum atomic E-state index is 12.9. The summed E-state index contributed by atoms with van der Waals surface area (Å²) >= 11 is 2.61. The van der Waals surface area contributed by atoms with Gasteiger partial charge in [-0.2, -0.15) is 0 Å². The molecule has 7 heteroatoms. The number of carbonyl (C=O) groups is 2. The van der Waals surface area contributed by atoms with E-state index in [-0.39, 0.29) is 16.6 Å². The standard InChI is InChI=1S/C15H20O5S2/c1-4-19-14(20-5-2)9-7-6-8-10(11(9)16)15(21-3)22-12(8)13(17)18/h9,14H,4-7H2,1-3H3,(H,17,18). The van der Waals surface area contributed by atoms with E-state index in [1.807, 2.05) is 20.1 Å². The fourth-order valence-electron chi connectivity index (χ4n) is 2.73. The number of fused-ring (bicyclic) bond motifs is 1. The van der Waals surface area contributed by atoms with Gasteiger partial charge in [-0.05, 0) is 38.5 Å². The topological polar surface area (TPSA) is 72.8 Å². The van der Waals surface area contributed by atoms with Crippen LogP contribution < -0.4 is 0 Å². The van der Waals surface area contributed by atoms with Crippen LogP contribution in [0.5, 0.6) is 0 Å². The predicted molar refractivity (Wildman–Crippen MR) is 86.2 cm³/mol. The van der Waals surface area contributed by atoms with E-state index in [1.165, 1.54) is 23.1 Å². The predicted octanol–water partition coefficient (Wildman–Crippen LogP) is 3.31. The third kappa shape index (κ3) is 3.22. The third-order valence-corrected chi connectivity index (χ3v) is 5.97. The van der Waals surface area contributed by atoms with Crippen molar-refractivity contribution in [2.75, 3.05) is 19.5 Å².